The molecular weight excluding hydrogens is 318 g/mol. The molecule has 0 saturated carbocycles. The smallest absolute Gasteiger partial charge is 0.409 e. The van der Waals surface area contributed by atoms with Gasteiger partial charge in [0, 0.05) is 39.3 Å². The van der Waals surface area contributed by atoms with Crippen LogP contribution in [0.3, 0.4) is 0 Å². The second-order valence-electron chi connectivity index (χ2n) is 6.66. The molecule has 2 heterocycles. The minimum absolute atomic E-state index is 0.203. The zero-order valence-corrected chi connectivity index (χ0v) is 16.0. The molecule has 0 spiro atoms. The molecule has 0 aromatic carbocycles. The number of likely N-dealkylation sites (tertiary alicyclic amines) is 1. The highest BCUT2D eigenvalue weighted by molar-refractivity contribution is 5.80. The van der Waals surface area contributed by atoms with E-state index in [1.807, 2.05) is 6.92 Å². The zero-order valence-electron chi connectivity index (χ0n) is 16.0. The van der Waals surface area contributed by atoms with E-state index in [1.165, 1.54) is 38.9 Å². The summed E-state index contributed by atoms with van der Waals surface area (Å²) in [5.41, 5.74) is 0. The Morgan fingerprint density at radius 1 is 1.00 bits per heavy atom. The number of nitrogens with zero attached hydrogens (tertiary/aromatic N) is 4. The van der Waals surface area contributed by atoms with Crippen LogP contribution in [0, 0.1) is 0 Å². The van der Waals surface area contributed by atoms with E-state index in [1.54, 1.807) is 4.90 Å². The summed E-state index contributed by atoms with van der Waals surface area (Å²) < 4.78 is 5.08. The fraction of sp³-hybridized carbons (Fsp3) is 0.889. The SMILES string of the molecule is CCNC(=NCCCCN1CCCC1)N1CCN(C(=O)OCC)CC1. The van der Waals surface area contributed by atoms with Crippen molar-refractivity contribution in [2.75, 3.05) is 65.5 Å². The number of hydrogen-bond acceptors (Lipinski definition) is 4. The highest BCUT2D eigenvalue weighted by Crippen LogP contribution is 2.08. The fourth-order valence-electron chi connectivity index (χ4n) is 3.38. The molecule has 2 aliphatic heterocycles. The lowest BCUT2D eigenvalue weighted by Crippen LogP contribution is -2.53. The second-order valence-corrected chi connectivity index (χ2v) is 6.66. The Labute approximate surface area is 152 Å². The molecule has 1 N–H and O–H groups in total. The van der Waals surface area contributed by atoms with Crippen LogP contribution < -0.4 is 5.32 Å². The Morgan fingerprint density at radius 2 is 1.68 bits per heavy atom. The number of aliphatic imine (C=N–C) groups is 1. The quantitative estimate of drug-likeness (QED) is 0.428. The number of carbonyl (C=O) groups excluding carboxylic acids is 1. The molecule has 0 bridgehead atoms. The van der Waals surface area contributed by atoms with Crippen molar-refractivity contribution < 1.29 is 9.53 Å². The van der Waals surface area contributed by atoms with Crippen molar-refractivity contribution in [1.29, 1.82) is 0 Å². The van der Waals surface area contributed by atoms with Gasteiger partial charge >= 0.3 is 6.09 Å². The Kier molecular flexibility index (Phi) is 8.86. The molecule has 2 aliphatic rings. The van der Waals surface area contributed by atoms with Gasteiger partial charge in [0.15, 0.2) is 5.96 Å². The summed E-state index contributed by atoms with van der Waals surface area (Å²) in [4.78, 5) is 23.2. The summed E-state index contributed by atoms with van der Waals surface area (Å²) in [5, 5.41) is 3.38. The van der Waals surface area contributed by atoms with Gasteiger partial charge < -0.3 is 24.8 Å². The summed E-state index contributed by atoms with van der Waals surface area (Å²) in [6.07, 6.45) is 4.88. The first-order chi connectivity index (χ1) is 12.2. The molecule has 25 heavy (non-hydrogen) atoms. The van der Waals surface area contributed by atoms with Crippen LogP contribution in [0.1, 0.15) is 39.5 Å². The van der Waals surface area contributed by atoms with E-state index in [2.05, 4.69) is 22.0 Å². The van der Waals surface area contributed by atoms with E-state index in [4.69, 9.17) is 9.73 Å². The van der Waals surface area contributed by atoms with Crippen molar-refractivity contribution in [3.8, 4) is 0 Å². The summed E-state index contributed by atoms with van der Waals surface area (Å²) in [7, 11) is 0. The van der Waals surface area contributed by atoms with Gasteiger partial charge in [-0.25, -0.2) is 4.79 Å². The van der Waals surface area contributed by atoms with Crippen LogP contribution in [0.5, 0.6) is 0 Å². The largest absolute Gasteiger partial charge is 0.450 e. The third kappa shape index (κ3) is 6.72. The van der Waals surface area contributed by atoms with E-state index >= 15 is 0 Å². The third-order valence-electron chi connectivity index (χ3n) is 4.78. The minimum Gasteiger partial charge on any atom is -0.450 e. The van der Waals surface area contributed by atoms with Crippen LogP contribution in [0.15, 0.2) is 4.99 Å². The Balaban J connectivity index is 1.70. The second kappa shape index (κ2) is 11.2. The number of unbranched alkanes of at least 4 members (excludes halogenated alkanes) is 1. The van der Waals surface area contributed by atoms with Gasteiger partial charge in [0.25, 0.3) is 0 Å². The van der Waals surface area contributed by atoms with E-state index < -0.39 is 0 Å². The number of amides is 1. The molecule has 7 nitrogen and oxygen atoms in total. The molecule has 2 rings (SSSR count). The Hall–Kier alpha value is -1.50. The van der Waals surface area contributed by atoms with Gasteiger partial charge in [-0.3, -0.25) is 4.99 Å². The monoisotopic (exact) mass is 353 g/mol. The fourth-order valence-corrected chi connectivity index (χ4v) is 3.38. The molecule has 0 atom stereocenters. The van der Waals surface area contributed by atoms with Crippen molar-refractivity contribution in [3.63, 3.8) is 0 Å². The van der Waals surface area contributed by atoms with Crippen molar-refractivity contribution >= 4 is 12.1 Å². The van der Waals surface area contributed by atoms with Crippen LogP contribution in [0.2, 0.25) is 0 Å². The maximum atomic E-state index is 11.8. The van der Waals surface area contributed by atoms with Gasteiger partial charge in [0.05, 0.1) is 6.61 Å². The van der Waals surface area contributed by atoms with Gasteiger partial charge in [-0.2, -0.15) is 0 Å². The van der Waals surface area contributed by atoms with Crippen molar-refractivity contribution in [2.45, 2.75) is 39.5 Å². The summed E-state index contributed by atoms with van der Waals surface area (Å²) in [6.45, 7) is 12.9. The molecule has 144 valence electrons. The van der Waals surface area contributed by atoms with Crippen LogP contribution >= 0.6 is 0 Å². The molecule has 1 amide bonds. The van der Waals surface area contributed by atoms with Gasteiger partial charge in [-0.1, -0.05) is 0 Å². The van der Waals surface area contributed by atoms with Crippen LogP contribution in [0.4, 0.5) is 4.79 Å². The van der Waals surface area contributed by atoms with Crippen LogP contribution in [-0.4, -0.2) is 92.3 Å². The first-order valence-corrected chi connectivity index (χ1v) is 9.92. The predicted molar refractivity (Wildman–Crippen MR) is 101 cm³/mol. The maximum absolute atomic E-state index is 11.8. The summed E-state index contributed by atoms with van der Waals surface area (Å²) in [6, 6.07) is 0. The third-order valence-corrected chi connectivity index (χ3v) is 4.78. The lowest BCUT2D eigenvalue weighted by Gasteiger charge is -2.35. The van der Waals surface area contributed by atoms with E-state index in [0.717, 1.165) is 38.6 Å². The molecule has 2 saturated heterocycles. The number of nitrogens with one attached hydrogen (secondary N) is 1. The number of carbonyl (C=O) groups is 1. The Bertz CT molecular complexity index is 416. The molecule has 0 aromatic heterocycles. The maximum Gasteiger partial charge on any atom is 0.409 e. The lowest BCUT2D eigenvalue weighted by molar-refractivity contribution is 0.0914. The number of rotatable bonds is 7. The molecule has 0 aliphatic carbocycles. The average Bonchev–Trinajstić information content (AvgIpc) is 3.14. The predicted octanol–water partition coefficient (Wildman–Crippen LogP) is 1.60. The van der Waals surface area contributed by atoms with Crippen LogP contribution in [0.25, 0.3) is 0 Å². The van der Waals surface area contributed by atoms with Gasteiger partial charge in [-0.05, 0) is 59.2 Å². The molecule has 7 heteroatoms. The zero-order chi connectivity index (χ0) is 17.9. The minimum atomic E-state index is -0.203. The molecular formula is C18H35N5O2. The van der Waals surface area contributed by atoms with Crippen molar-refractivity contribution in [2.24, 2.45) is 4.99 Å². The lowest BCUT2D eigenvalue weighted by atomic mass is 10.3. The summed E-state index contributed by atoms with van der Waals surface area (Å²) in [5.74, 6) is 0.979. The Morgan fingerprint density at radius 3 is 2.32 bits per heavy atom. The molecule has 0 aromatic rings. The molecule has 0 unspecified atom stereocenters. The average molecular weight is 354 g/mol. The highest BCUT2D eigenvalue weighted by atomic mass is 16.6. The first-order valence-electron chi connectivity index (χ1n) is 9.92. The van der Waals surface area contributed by atoms with Gasteiger partial charge in [0.1, 0.15) is 0 Å². The normalized spacial score (nSPS) is 19.4. The number of piperazine rings is 1. The number of guanidine groups is 1. The first kappa shape index (κ1) is 19.8. The highest BCUT2D eigenvalue weighted by Gasteiger charge is 2.23. The number of hydrogen-bond donors (Lipinski definition) is 1. The standard InChI is InChI=1S/C18H35N5O2/c1-3-19-17(20-9-5-6-10-21-11-7-8-12-21)22-13-15-23(16-14-22)18(24)25-4-2/h3-16H2,1-2H3,(H,19,20). The molecule has 0 radical (unpaired) electrons. The van der Waals surface area contributed by atoms with Crippen molar-refractivity contribution in [1.82, 2.24) is 20.0 Å². The summed E-state index contributed by atoms with van der Waals surface area (Å²) >= 11 is 0. The molecule has 2 fully saturated rings. The van der Waals surface area contributed by atoms with Crippen molar-refractivity contribution in [3.05, 3.63) is 0 Å². The van der Waals surface area contributed by atoms with Gasteiger partial charge in [-0.15, -0.1) is 0 Å². The van der Waals surface area contributed by atoms with E-state index in [0.29, 0.717) is 19.7 Å². The topological polar surface area (TPSA) is 60.4 Å². The van der Waals surface area contributed by atoms with Gasteiger partial charge in [0.2, 0.25) is 0 Å². The number of ether oxygens (including phenoxy) is 1. The van der Waals surface area contributed by atoms with E-state index in [-0.39, 0.29) is 6.09 Å². The van der Waals surface area contributed by atoms with Crippen LogP contribution in [-0.2, 0) is 4.74 Å². The van der Waals surface area contributed by atoms with E-state index in [9.17, 15) is 4.79 Å².